The second-order valence-electron chi connectivity index (χ2n) is 3.06. The number of thiophene rings is 1. The summed E-state index contributed by atoms with van der Waals surface area (Å²) in [6.07, 6.45) is 3.39. The first-order valence-corrected chi connectivity index (χ1v) is 5.67. The number of hydrogen-bond donors (Lipinski definition) is 0. The number of carbonyl (C=O) groups excluding carboxylic acids is 1. The second-order valence-corrected chi connectivity index (χ2v) is 4.11. The molecule has 0 saturated heterocycles. The van der Waals surface area contributed by atoms with E-state index < -0.39 is 0 Å². The Hall–Kier alpha value is -1.62. The van der Waals surface area contributed by atoms with Crippen molar-refractivity contribution in [1.29, 1.82) is 0 Å². The molecule has 0 aromatic carbocycles. The molecule has 5 heteroatoms. The third-order valence-corrected chi connectivity index (χ3v) is 3.21. The molecule has 2 aromatic rings. The molecule has 0 saturated carbocycles. The number of esters is 1. The molecule has 4 nitrogen and oxygen atoms in total. The van der Waals surface area contributed by atoms with Gasteiger partial charge in [0, 0.05) is 17.8 Å². The maximum atomic E-state index is 11.7. The van der Waals surface area contributed by atoms with E-state index in [4.69, 9.17) is 9.47 Å². The van der Waals surface area contributed by atoms with E-state index >= 15 is 0 Å². The zero-order valence-electron chi connectivity index (χ0n) is 9.02. The number of rotatable bonds is 3. The summed E-state index contributed by atoms with van der Waals surface area (Å²) >= 11 is 1.33. The standard InChI is InChI=1S/C11H11NO3S/c1-3-15-11(13)10-9(14-2)7-4-5-12-6-8(7)16-10/h4-6H,3H2,1-2H3. The number of fused-ring (bicyclic) bond motifs is 1. The Kier molecular flexibility index (Phi) is 3.05. The van der Waals surface area contributed by atoms with Crippen molar-refractivity contribution in [2.75, 3.05) is 13.7 Å². The Labute approximate surface area is 96.8 Å². The van der Waals surface area contributed by atoms with Gasteiger partial charge in [0.25, 0.3) is 0 Å². The van der Waals surface area contributed by atoms with E-state index in [9.17, 15) is 4.79 Å². The van der Waals surface area contributed by atoms with E-state index in [-0.39, 0.29) is 5.97 Å². The van der Waals surface area contributed by atoms with Gasteiger partial charge in [-0.05, 0) is 13.0 Å². The van der Waals surface area contributed by atoms with E-state index in [1.807, 2.05) is 6.07 Å². The summed E-state index contributed by atoms with van der Waals surface area (Å²) in [7, 11) is 1.55. The molecule has 2 heterocycles. The Morgan fingerprint density at radius 1 is 1.56 bits per heavy atom. The van der Waals surface area contributed by atoms with Crippen LogP contribution in [0.2, 0.25) is 0 Å². The highest BCUT2D eigenvalue weighted by Gasteiger charge is 2.19. The fourth-order valence-electron chi connectivity index (χ4n) is 1.46. The van der Waals surface area contributed by atoms with Crippen LogP contribution in [0.25, 0.3) is 10.1 Å². The summed E-state index contributed by atoms with van der Waals surface area (Å²) in [4.78, 5) is 16.2. The van der Waals surface area contributed by atoms with Gasteiger partial charge in [0.05, 0.1) is 18.4 Å². The van der Waals surface area contributed by atoms with Crippen LogP contribution in [0.4, 0.5) is 0 Å². The van der Waals surface area contributed by atoms with Crippen molar-refractivity contribution in [2.24, 2.45) is 0 Å². The molecule has 0 aliphatic heterocycles. The van der Waals surface area contributed by atoms with Crippen LogP contribution in [-0.2, 0) is 4.74 Å². The molecule has 0 unspecified atom stereocenters. The molecule has 0 aliphatic carbocycles. The average Bonchev–Trinajstić information content (AvgIpc) is 2.67. The first kappa shape index (κ1) is 10.9. The number of nitrogens with zero attached hydrogens (tertiary/aromatic N) is 1. The molecule has 2 rings (SSSR count). The van der Waals surface area contributed by atoms with Crippen LogP contribution in [0, 0.1) is 0 Å². The molecule has 16 heavy (non-hydrogen) atoms. The largest absolute Gasteiger partial charge is 0.494 e. The van der Waals surface area contributed by atoms with Crippen molar-refractivity contribution < 1.29 is 14.3 Å². The lowest BCUT2D eigenvalue weighted by Gasteiger charge is -2.02. The predicted octanol–water partition coefficient (Wildman–Crippen LogP) is 2.48. The number of aromatic nitrogens is 1. The summed E-state index contributed by atoms with van der Waals surface area (Å²) < 4.78 is 11.1. The molecule has 0 fully saturated rings. The first-order chi connectivity index (χ1) is 7.77. The van der Waals surface area contributed by atoms with E-state index in [2.05, 4.69) is 4.98 Å². The predicted molar refractivity (Wildman–Crippen MR) is 62.1 cm³/mol. The average molecular weight is 237 g/mol. The van der Waals surface area contributed by atoms with Gasteiger partial charge in [-0.15, -0.1) is 11.3 Å². The fraction of sp³-hybridized carbons (Fsp3) is 0.273. The van der Waals surface area contributed by atoms with E-state index in [1.54, 1.807) is 26.4 Å². The summed E-state index contributed by atoms with van der Waals surface area (Å²) in [6.45, 7) is 2.13. The minimum Gasteiger partial charge on any atom is -0.494 e. The van der Waals surface area contributed by atoms with Gasteiger partial charge in [0.2, 0.25) is 0 Å². The molecule has 0 atom stereocenters. The highest BCUT2D eigenvalue weighted by atomic mass is 32.1. The molecule has 0 aliphatic rings. The number of ether oxygens (including phenoxy) is 2. The Bertz CT molecular complexity index is 521. The Morgan fingerprint density at radius 2 is 2.38 bits per heavy atom. The molecular weight excluding hydrogens is 226 g/mol. The number of pyridine rings is 1. The normalized spacial score (nSPS) is 10.4. The third-order valence-electron chi connectivity index (χ3n) is 2.11. The quantitative estimate of drug-likeness (QED) is 0.769. The van der Waals surface area contributed by atoms with Crippen molar-refractivity contribution in [3.63, 3.8) is 0 Å². The minimum absolute atomic E-state index is 0.347. The van der Waals surface area contributed by atoms with E-state index in [1.165, 1.54) is 11.3 Å². The van der Waals surface area contributed by atoms with Gasteiger partial charge < -0.3 is 9.47 Å². The maximum absolute atomic E-state index is 11.7. The van der Waals surface area contributed by atoms with Gasteiger partial charge in [-0.3, -0.25) is 4.98 Å². The zero-order chi connectivity index (χ0) is 11.5. The van der Waals surface area contributed by atoms with Crippen molar-refractivity contribution >= 4 is 27.4 Å². The lowest BCUT2D eigenvalue weighted by molar-refractivity contribution is 0.0529. The minimum atomic E-state index is -0.347. The van der Waals surface area contributed by atoms with Gasteiger partial charge in [-0.2, -0.15) is 0 Å². The lowest BCUT2D eigenvalue weighted by atomic mass is 10.3. The Balaban J connectivity index is 2.56. The second kappa shape index (κ2) is 4.49. The summed E-state index contributed by atoms with van der Waals surface area (Å²) in [6, 6.07) is 1.83. The van der Waals surface area contributed by atoms with Crippen molar-refractivity contribution in [3.8, 4) is 5.75 Å². The maximum Gasteiger partial charge on any atom is 0.352 e. The number of methoxy groups -OCH3 is 1. The van der Waals surface area contributed by atoms with Gasteiger partial charge in [-0.1, -0.05) is 0 Å². The molecule has 2 aromatic heterocycles. The van der Waals surface area contributed by atoms with Gasteiger partial charge in [0.15, 0.2) is 10.6 Å². The van der Waals surface area contributed by atoms with Crippen LogP contribution in [0.15, 0.2) is 18.5 Å². The zero-order valence-corrected chi connectivity index (χ0v) is 9.84. The highest BCUT2D eigenvalue weighted by Crippen LogP contribution is 2.37. The Morgan fingerprint density at radius 3 is 3.06 bits per heavy atom. The van der Waals surface area contributed by atoms with Crippen LogP contribution in [0.1, 0.15) is 16.6 Å². The van der Waals surface area contributed by atoms with E-state index in [0.29, 0.717) is 17.2 Å². The van der Waals surface area contributed by atoms with Crippen LogP contribution in [0.3, 0.4) is 0 Å². The SMILES string of the molecule is CCOC(=O)c1sc2cnccc2c1OC. The van der Waals surface area contributed by atoms with Crippen LogP contribution < -0.4 is 4.74 Å². The summed E-state index contributed by atoms with van der Waals surface area (Å²) in [5.74, 6) is 0.224. The first-order valence-electron chi connectivity index (χ1n) is 4.85. The van der Waals surface area contributed by atoms with E-state index in [0.717, 1.165) is 10.1 Å². The van der Waals surface area contributed by atoms with Crippen LogP contribution >= 0.6 is 11.3 Å². The molecule has 0 N–H and O–H groups in total. The number of carbonyl (C=O) groups is 1. The van der Waals surface area contributed by atoms with Crippen molar-refractivity contribution in [3.05, 3.63) is 23.3 Å². The van der Waals surface area contributed by atoms with Gasteiger partial charge in [-0.25, -0.2) is 4.79 Å². The fourth-order valence-corrected chi connectivity index (χ4v) is 2.49. The van der Waals surface area contributed by atoms with Crippen molar-refractivity contribution in [2.45, 2.75) is 6.92 Å². The molecule has 0 radical (unpaired) electrons. The smallest absolute Gasteiger partial charge is 0.352 e. The molecule has 0 amide bonds. The number of hydrogen-bond acceptors (Lipinski definition) is 5. The van der Waals surface area contributed by atoms with Gasteiger partial charge >= 0.3 is 5.97 Å². The summed E-state index contributed by atoms with van der Waals surface area (Å²) in [5, 5.41) is 0.894. The molecule has 0 bridgehead atoms. The monoisotopic (exact) mass is 237 g/mol. The van der Waals surface area contributed by atoms with Gasteiger partial charge in [0.1, 0.15) is 0 Å². The van der Waals surface area contributed by atoms with Crippen LogP contribution in [0.5, 0.6) is 5.75 Å². The summed E-state index contributed by atoms with van der Waals surface area (Å²) in [5.41, 5.74) is 0. The molecule has 84 valence electrons. The molecule has 0 spiro atoms. The molecular formula is C11H11NO3S. The topological polar surface area (TPSA) is 48.4 Å². The third kappa shape index (κ3) is 1.74. The van der Waals surface area contributed by atoms with Crippen molar-refractivity contribution in [1.82, 2.24) is 4.98 Å². The highest BCUT2D eigenvalue weighted by molar-refractivity contribution is 7.21. The lowest BCUT2D eigenvalue weighted by Crippen LogP contribution is -2.03. The van der Waals surface area contributed by atoms with Crippen LogP contribution in [-0.4, -0.2) is 24.7 Å².